The lowest BCUT2D eigenvalue weighted by Crippen LogP contribution is -2.54. The molecule has 1 saturated carbocycles. The fraction of sp³-hybridized carbons (Fsp3) is 0.391. The SMILES string of the molecule is COc1ccc(C2(C(=O)N3CCC[C@@H]3C(=O)Nc3ccc4[nH]ncc4n3)CCC2)cc1. The number of anilines is 1. The number of likely N-dealkylation sites (tertiary alicyclic amines) is 1. The van der Waals surface area contributed by atoms with E-state index in [9.17, 15) is 9.59 Å². The number of benzene rings is 1. The van der Waals surface area contributed by atoms with Gasteiger partial charge in [-0.3, -0.25) is 14.7 Å². The van der Waals surface area contributed by atoms with E-state index in [1.165, 1.54) is 0 Å². The van der Waals surface area contributed by atoms with Gasteiger partial charge < -0.3 is 15.0 Å². The van der Waals surface area contributed by atoms with E-state index in [2.05, 4.69) is 20.5 Å². The number of ether oxygens (including phenoxy) is 1. The van der Waals surface area contributed by atoms with Crippen LogP contribution in [0.1, 0.15) is 37.7 Å². The number of nitrogens with zero attached hydrogens (tertiary/aromatic N) is 3. The Kier molecular flexibility index (Phi) is 4.84. The summed E-state index contributed by atoms with van der Waals surface area (Å²) in [6.45, 7) is 0.600. The first-order valence-corrected chi connectivity index (χ1v) is 10.7. The Hall–Kier alpha value is -3.42. The van der Waals surface area contributed by atoms with Crippen molar-refractivity contribution in [3.8, 4) is 5.75 Å². The van der Waals surface area contributed by atoms with Gasteiger partial charge in [0.25, 0.3) is 0 Å². The van der Waals surface area contributed by atoms with E-state index in [0.717, 1.165) is 42.5 Å². The summed E-state index contributed by atoms with van der Waals surface area (Å²) < 4.78 is 5.26. The maximum atomic E-state index is 13.7. The van der Waals surface area contributed by atoms with Crippen molar-refractivity contribution in [3.05, 3.63) is 48.2 Å². The molecule has 5 rings (SSSR count). The molecule has 0 unspecified atom stereocenters. The molecule has 1 aliphatic carbocycles. The first-order chi connectivity index (χ1) is 15.1. The van der Waals surface area contributed by atoms with Crippen LogP contribution in [0.5, 0.6) is 5.75 Å². The second kappa shape index (κ2) is 7.68. The normalized spacial score (nSPS) is 19.8. The molecule has 2 aromatic heterocycles. The largest absolute Gasteiger partial charge is 0.497 e. The second-order valence-electron chi connectivity index (χ2n) is 8.31. The van der Waals surface area contributed by atoms with Gasteiger partial charge in [0.15, 0.2) is 0 Å². The number of amides is 2. The van der Waals surface area contributed by atoms with E-state index < -0.39 is 11.5 Å². The highest BCUT2D eigenvalue weighted by Gasteiger charge is 2.50. The van der Waals surface area contributed by atoms with Gasteiger partial charge in [-0.15, -0.1) is 0 Å². The van der Waals surface area contributed by atoms with Crippen LogP contribution in [0.2, 0.25) is 0 Å². The van der Waals surface area contributed by atoms with Gasteiger partial charge in [0.1, 0.15) is 23.1 Å². The zero-order chi connectivity index (χ0) is 21.4. The Balaban J connectivity index is 1.35. The zero-order valence-electron chi connectivity index (χ0n) is 17.4. The molecule has 3 heterocycles. The van der Waals surface area contributed by atoms with E-state index >= 15 is 0 Å². The van der Waals surface area contributed by atoms with Crippen molar-refractivity contribution in [1.82, 2.24) is 20.1 Å². The van der Waals surface area contributed by atoms with Crippen molar-refractivity contribution >= 4 is 28.7 Å². The Morgan fingerprint density at radius 1 is 1.16 bits per heavy atom. The standard InChI is InChI=1S/C23H25N5O3/c1-31-16-7-5-15(6-8-16)23(11-3-12-23)22(30)28-13-2-4-19(28)21(29)26-20-10-9-17-18(25-20)14-24-27-17/h5-10,14,19H,2-4,11-13H2,1H3,(H,24,27)(H,25,26,29)/t19-/m1/s1. The van der Waals surface area contributed by atoms with Gasteiger partial charge in [0, 0.05) is 6.54 Å². The number of hydrogen-bond acceptors (Lipinski definition) is 5. The van der Waals surface area contributed by atoms with Crippen molar-refractivity contribution < 1.29 is 14.3 Å². The molecule has 160 valence electrons. The molecule has 2 aliphatic rings. The highest BCUT2D eigenvalue weighted by Crippen LogP contribution is 2.46. The molecule has 31 heavy (non-hydrogen) atoms. The Morgan fingerprint density at radius 2 is 1.97 bits per heavy atom. The maximum absolute atomic E-state index is 13.7. The van der Waals surface area contributed by atoms with Gasteiger partial charge in [-0.25, -0.2) is 4.98 Å². The molecule has 2 amide bonds. The lowest BCUT2D eigenvalue weighted by molar-refractivity contribution is -0.144. The number of nitrogens with one attached hydrogen (secondary N) is 2. The van der Waals surface area contributed by atoms with E-state index in [1.54, 1.807) is 24.3 Å². The highest BCUT2D eigenvalue weighted by atomic mass is 16.5. The molecule has 8 nitrogen and oxygen atoms in total. The lowest BCUT2D eigenvalue weighted by Gasteiger charge is -2.44. The quantitative estimate of drug-likeness (QED) is 0.662. The summed E-state index contributed by atoms with van der Waals surface area (Å²) in [7, 11) is 1.63. The molecule has 2 N–H and O–H groups in total. The number of rotatable bonds is 5. The number of aromatic amines is 1. The number of aromatic nitrogens is 3. The third-order valence-corrected chi connectivity index (χ3v) is 6.62. The van der Waals surface area contributed by atoms with Crippen LogP contribution in [0.25, 0.3) is 11.0 Å². The third-order valence-electron chi connectivity index (χ3n) is 6.62. The van der Waals surface area contributed by atoms with Crippen LogP contribution < -0.4 is 10.1 Å². The zero-order valence-corrected chi connectivity index (χ0v) is 17.4. The average Bonchev–Trinajstić information content (AvgIpc) is 3.42. The van der Waals surface area contributed by atoms with Crippen LogP contribution in [0.15, 0.2) is 42.6 Å². The summed E-state index contributed by atoms with van der Waals surface area (Å²) in [5, 5.41) is 9.69. The van der Waals surface area contributed by atoms with E-state index in [1.807, 2.05) is 30.3 Å². The molecule has 1 aliphatic heterocycles. The number of methoxy groups -OCH3 is 1. The van der Waals surface area contributed by atoms with Crippen molar-refractivity contribution in [3.63, 3.8) is 0 Å². The van der Waals surface area contributed by atoms with Crippen LogP contribution in [-0.4, -0.2) is 51.6 Å². The number of carbonyl (C=O) groups excluding carboxylic acids is 2. The smallest absolute Gasteiger partial charge is 0.248 e. The third kappa shape index (κ3) is 3.32. The molecule has 1 atom stereocenters. The van der Waals surface area contributed by atoms with Crippen molar-refractivity contribution in [2.75, 3.05) is 19.0 Å². The molecule has 0 radical (unpaired) electrons. The van der Waals surface area contributed by atoms with Crippen LogP contribution in [0, 0.1) is 0 Å². The lowest BCUT2D eigenvalue weighted by atomic mass is 9.63. The summed E-state index contributed by atoms with van der Waals surface area (Å²) in [6.07, 6.45) is 5.72. The van der Waals surface area contributed by atoms with Gasteiger partial charge in [-0.05, 0) is 55.5 Å². The fourth-order valence-corrected chi connectivity index (χ4v) is 4.73. The molecular weight excluding hydrogens is 394 g/mol. The topological polar surface area (TPSA) is 100 Å². The van der Waals surface area contributed by atoms with Gasteiger partial charge in [0.2, 0.25) is 11.8 Å². The molecule has 1 aromatic carbocycles. The summed E-state index contributed by atoms with van der Waals surface area (Å²) in [5.74, 6) is 1.10. The summed E-state index contributed by atoms with van der Waals surface area (Å²) in [4.78, 5) is 33.0. The fourth-order valence-electron chi connectivity index (χ4n) is 4.73. The maximum Gasteiger partial charge on any atom is 0.248 e. The summed E-state index contributed by atoms with van der Waals surface area (Å²) >= 11 is 0. The molecule has 2 fully saturated rings. The van der Waals surface area contributed by atoms with Gasteiger partial charge in [-0.1, -0.05) is 18.6 Å². The van der Waals surface area contributed by atoms with E-state index in [4.69, 9.17) is 4.74 Å². The van der Waals surface area contributed by atoms with Crippen LogP contribution >= 0.6 is 0 Å². The number of pyridine rings is 1. The first kappa shape index (κ1) is 19.5. The number of hydrogen-bond donors (Lipinski definition) is 2. The van der Waals surface area contributed by atoms with Crippen LogP contribution in [-0.2, 0) is 15.0 Å². The average molecular weight is 419 g/mol. The number of carbonyl (C=O) groups is 2. The minimum Gasteiger partial charge on any atom is -0.497 e. The van der Waals surface area contributed by atoms with Crippen LogP contribution in [0.3, 0.4) is 0 Å². The molecule has 8 heteroatoms. The minimum absolute atomic E-state index is 0.0554. The van der Waals surface area contributed by atoms with Crippen molar-refractivity contribution in [2.45, 2.75) is 43.6 Å². The van der Waals surface area contributed by atoms with Gasteiger partial charge in [0.05, 0.1) is 24.2 Å². The first-order valence-electron chi connectivity index (χ1n) is 10.7. The Bertz CT molecular complexity index is 1120. The monoisotopic (exact) mass is 419 g/mol. The molecular formula is C23H25N5O3. The predicted molar refractivity (Wildman–Crippen MR) is 116 cm³/mol. The predicted octanol–water partition coefficient (Wildman–Crippen LogP) is 3.02. The van der Waals surface area contributed by atoms with Gasteiger partial charge in [-0.2, -0.15) is 5.10 Å². The van der Waals surface area contributed by atoms with E-state index in [0.29, 0.717) is 24.3 Å². The molecule has 3 aromatic rings. The number of H-pyrrole nitrogens is 1. The summed E-state index contributed by atoms with van der Waals surface area (Å²) in [5.41, 5.74) is 1.96. The van der Waals surface area contributed by atoms with Crippen molar-refractivity contribution in [2.24, 2.45) is 0 Å². The van der Waals surface area contributed by atoms with Gasteiger partial charge >= 0.3 is 0 Å². The highest BCUT2D eigenvalue weighted by molar-refractivity contribution is 5.99. The second-order valence-corrected chi connectivity index (χ2v) is 8.31. The summed E-state index contributed by atoms with van der Waals surface area (Å²) in [6, 6.07) is 10.8. The molecule has 0 spiro atoms. The minimum atomic E-state index is -0.539. The number of fused-ring (bicyclic) bond motifs is 1. The van der Waals surface area contributed by atoms with E-state index in [-0.39, 0.29) is 11.8 Å². The van der Waals surface area contributed by atoms with Crippen molar-refractivity contribution in [1.29, 1.82) is 0 Å². The Morgan fingerprint density at radius 3 is 2.68 bits per heavy atom. The molecule has 0 bridgehead atoms. The molecule has 1 saturated heterocycles. The Labute approximate surface area is 180 Å². The van der Waals surface area contributed by atoms with Crippen LogP contribution in [0.4, 0.5) is 5.82 Å².